The number of rotatable bonds is 5. The van der Waals surface area contributed by atoms with Gasteiger partial charge in [-0.1, -0.05) is 52.3 Å². The van der Waals surface area contributed by atoms with E-state index in [-0.39, 0.29) is 5.91 Å². The number of hydrogen-bond donors (Lipinski definition) is 2. The fourth-order valence-electron chi connectivity index (χ4n) is 1.26. The Morgan fingerprint density at radius 2 is 2.13 bits per heavy atom. The molecule has 0 heterocycles. The van der Waals surface area contributed by atoms with Crippen molar-refractivity contribution in [3.8, 4) is 0 Å². The molecule has 0 radical (unpaired) electrons. The Kier molecular flexibility index (Phi) is 5.07. The van der Waals surface area contributed by atoms with E-state index in [1.165, 1.54) is 0 Å². The minimum Gasteiger partial charge on any atom is -0.368 e. The van der Waals surface area contributed by atoms with Gasteiger partial charge in [0.25, 0.3) is 0 Å². The molecule has 0 aromatic heterocycles. The lowest BCUT2D eigenvalue weighted by atomic mass is 10.1. The number of carbonyl (C=O) groups excluding carboxylic acids is 1. The van der Waals surface area contributed by atoms with Crippen molar-refractivity contribution in [1.29, 1.82) is 0 Å². The molecule has 1 aromatic rings. The fourth-order valence-corrected chi connectivity index (χ4v) is 1.45. The molecule has 1 unspecified atom stereocenters. The highest BCUT2D eigenvalue weighted by atomic mass is 79.9. The number of hydrogen-bond acceptors (Lipinski definition) is 2. The number of halogens is 1. The third-order valence-corrected chi connectivity index (χ3v) is 2.32. The van der Waals surface area contributed by atoms with Crippen molar-refractivity contribution >= 4 is 21.8 Å². The number of primary amides is 1. The van der Waals surface area contributed by atoms with E-state index in [0.29, 0.717) is 6.54 Å². The van der Waals surface area contributed by atoms with E-state index >= 15 is 0 Å². The van der Waals surface area contributed by atoms with Gasteiger partial charge < -0.3 is 5.73 Å². The van der Waals surface area contributed by atoms with Crippen LogP contribution in [0.15, 0.2) is 41.4 Å². The lowest BCUT2D eigenvalue weighted by molar-refractivity contribution is -0.120. The third-order valence-electron chi connectivity index (χ3n) is 1.95. The molecule has 0 fully saturated rings. The fraction of sp³-hybridized carbons (Fsp3) is 0.182. The van der Waals surface area contributed by atoms with Crippen LogP contribution in [0, 0.1) is 0 Å². The molecular weight excluding hydrogens is 256 g/mol. The van der Waals surface area contributed by atoms with Gasteiger partial charge in [-0.25, -0.2) is 0 Å². The number of benzene rings is 1. The monoisotopic (exact) mass is 268 g/mol. The maximum Gasteiger partial charge on any atom is 0.239 e. The summed E-state index contributed by atoms with van der Waals surface area (Å²) in [6, 6.07) is 8.98. The van der Waals surface area contributed by atoms with Gasteiger partial charge in [-0.2, -0.15) is 0 Å². The average Bonchev–Trinajstić information content (AvgIpc) is 2.25. The molecule has 0 aliphatic carbocycles. The van der Waals surface area contributed by atoms with Crippen molar-refractivity contribution in [2.24, 2.45) is 5.73 Å². The number of carbonyl (C=O) groups is 1. The second-order valence-corrected chi connectivity index (χ2v) is 3.54. The molecule has 4 heteroatoms. The minimum absolute atomic E-state index is 0.371. The molecule has 80 valence electrons. The SMILES string of the molecule is NC(=O)C(NC/C=C/Br)c1ccccc1. The highest BCUT2D eigenvalue weighted by molar-refractivity contribution is 9.11. The molecule has 1 aromatic carbocycles. The maximum absolute atomic E-state index is 11.2. The van der Waals surface area contributed by atoms with Crippen molar-refractivity contribution in [2.75, 3.05) is 6.54 Å². The van der Waals surface area contributed by atoms with Crippen LogP contribution < -0.4 is 11.1 Å². The van der Waals surface area contributed by atoms with Crippen LogP contribution in [0.3, 0.4) is 0 Å². The quantitative estimate of drug-likeness (QED) is 0.855. The zero-order valence-corrected chi connectivity index (χ0v) is 9.78. The topological polar surface area (TPSA) is 55.1 Å². The first-order valence-corrected chi connectivity index (χ1v) is 5.50. The van der Waals surface area contributed by atoms with Gasteiger partial charge in [0, 0.05) is 6.54 Å². The van der Waals surface area contributed by atoms with Crippen molar-refractivity contribution in [1.82, 2.24) is 5.32 Å². The summed E-state index contributed by atoms with van der Waals surface area (Å²) in [4.78, 5) is 13.0. The van der Waals surface area contributed by atoms with Gasteiger partial charge in [-0.15, -0.1) is 0 Å². The minimum atomic E-state index is -0.435. The second kappa shape index (κ2) is 6.37. The molecule has 3 nitrogen and oxygen atoms in total. The first-order valence-electron chi connectivity index (χ1n) is 4.58. The van der Waals surface area contributed by atoms with E-state index in [0.717, 1.165) is 5.56 Å². The zero-order chi connectivity index (χ0) is 11.1. The molecular formula is C11H13BrN2O. The number of nitrogens with two attached hydrogens (primary N) is 1. The molecule has 15 heavy (non-hydrogen) atoms. The molecule has 3 N–H and O–H groups in total. The van der Waals surface area contributed by atoms with Crippen molar-refractivity contribution < 1.29 is 4.79 Å². The predicted octanol–water partition coefficient (Wildman–Crippen LogP) is 1.71. The summed E-state index contributed by atoms with van der Waals surface area (Å²) < 4.78 is 0. The Hall–Kier alpha value is -1.13. The molecule has 0 bridgehead atoms. The van der Waals surface area contributed by atoms with Crippen LogP contribution in [0.25, 0.3) is 0 Å². The van der Waals surface area contributed by atoms with Crippen LogP contribution in [-0.4, -0.2) is 12.5 Å². The average molecular weight is 269 g/mol. The van der Waals surface area contributed by atoms with E-state index < -0.39 is 6.04 Å². The maximum atomic E-state index is 11.2. The Bertz CT molecular complexity index is 338. The summed E-state index contributed by atoms with van der Waals surface area (Å²) in [6.07, 6.45) is 1.86. The van der Waals surface area contributed by atoms with Crippen LogP contribution in [0.2, 0.25) is 0 Å². The van der Waals surface area contributed by atoms with Crippen LogP contribution >= 0.6 is 15.9 Å². The largest absolute Gasteiger partial charge is 0.368 e. The molecule has 0 saturated carbocycles. The summed E-state index contributed by atoms with van der Waals surface area (Å²) in [5.74, 6) is -0.371. The van der Waals surface area contributed by atoms with E-state index in [2.05, 4.69) is 21.2 Å². The van der Waals surface area contributed by atoms with Gasteiger partial charge in [-0.3, -0.25) is 10.1 Å². The molecule has 0 aliphatic rings. The van der Waals surface area contributed by atoms with E-state index in [4.69, 9.17) is 5.73 Å². The Balaban J connectivity index is 2.71. The van der Waals surface area contributed by atoms with E-state index in [1.807, 2.05) is 36.4 Å². The van der Waals surface area contributed by atoms with Crippen LogP contribution in [-0.2, 0) is 4.79 Å². The molecule has 0 spiro atoms. The summed E-state index contributed by atoms with van der Waals surface area (Å²) >= 11 is 3.16. The van der Waals surface area contributed by atoms with Crippen molar-refractivity contribution in [2.45, 2.75) is 6.04 Å². The molecule has 1 amide bonds. The molecule has 0 saturated heterocycles. The van der Waals surface area contributed by atoms with Gasteiger partial charge in [0.15, 0.2) is 0 Å². The van der Waals surface area contributed by atoms with Gasteiger partial charge in [0.2, 0.25) is 5.91 Å². The summed E-state index contributed by atoms with van der Waals surface area (Å²) in [5, 5.41) is 3.05. The van der Waals surface area contributed by atoms with Gasteiger partial charge in [0.1, 0.15) is 6.04 Å². The second-order valence-electron chi connectivity index (χ2n) is 3.02. The van der Waals surface area contributed by atoms with Crippen LogP contribution in [0.1, 0.15) is 11.6 Å². The predicted molar refractivity (Wildman–Crippen MR) is 64.4 cm³/mol. The first-order chi connectivity index (χ1) is 7.25. The smallest absolute Gasteiger partial charge is 0.239 e. The Labute approximate surface area is 97.5 Å². The first kappa shape index (κ1) is 11.9. The summed E-state index contributed by atoms with van der Waals surface area (Å²) in [5.41, 5.74) is 6.20. The van der Waals surface area contributed by atoms with Crippen LogP contribution in [0.4, 0.5) is 0 Å². The van der Waals surface area contributed by atoms with Gasteiger partial charge >= 0.3 is 0 Å². The van der Waals surface area contributed by atoms with Crippen LogP contribution in [0.5, 0.6) is 0 Å². The van der Waals surface area contributed by atoms with E-state index in [9.17, 15) is 4.79 Å². The normalized spacial score (nSPS) is 12.9. The van der Waals surface area contributed by atoms with E-state index in [1.54, 1.807) is 4.99 Å². The third kappa shape index (κ3) is 3.85. The molecule has 1 rings (SSSR count). The highest BCUT2D eigenvalue weighted by Crippen LogP contribution is 2.11. The zero-order valence-electron chi connectivity index (χ0n) is 8.19. The lowest BCUT2D eigenvalue weighted by Crippen LogP contribution is -2.33. The Morgan fingerprint density at radius 1 is 1.47 bits per heavy atom. The van der Waals surface area contributed by atoms with Crippen molar-refractivity contribution in [3.05, 3.63) is 47.0 Å². The molecule has 1 atom stereocenters. The summed E-state index contributed by atoms with van der Waals surface area (Å²) in [7, 11) is 0. The number of nitrogens with one attached hydrogen (secondary N) is 1. The van der Waals surface area contributed by atoms with Crippen molar-refractivity contribution in [3.63, 3.8) is 0 Å². The van der Waals surface area contributed by atoms with Gasteiger partial charge in [-0.05, 0) is 10.5 Å². The number of amides is 1. The standard InChI is InChI=1S/C11H13BrN2O/c12-7-4-8-14-10(11(13)15)9-5-2-1-3-6-9/h1-7,10,14H,8H2,(H2,13,15)/b7-4+. The van der Waals surface area contributed by atoms with Gasteiger partial charge in [0.05, 0.1) is 0 Å². The lowest BCUT2D eigenvalue weighted by Gasteiger charge is -2.14. The molecule has 0 aliphatic heterocycles. The highest BCUT2D eigenvalue weighted by Gasteiger charge is 2.15. The Morgan fingerprint density at radius 3 is 2.67 bits per heavy atom. The summed E-state index contributed by atoms with van der Waals surface area (Å²) in [6.45, 7) is 0.591.